The van der Waals surface area contributed by atoms with E-state index in [1.54, 1.807) is 30.2 Å². The fraction of sp³-hybridized carbons (Fsp3) is 0.263. The number of nitrogens with one attached hydrogen (secondary N) is 2. The van der Waals surface area contributed by atoms with Crippen LogP contribution >= 0.6 is 23.1 Å². The van der Waals surface area contributed by atoms with Gasteiger partial charge in [0.05, 0.1) is 16.8 Å². The monoisotopic (exact) mass is 384 g/mol. The lowest BCUT2D eigenvalue weighted by Crippen LogP contribution is -2.09. The van der Waals surface area contributed by atoms with Gasteiger partial charge in [0.1, 0.15) is 5.44 Å². The maximum absolute atomic E-state index is 5.30. The minimum Gasteiger partial charge on any atom is -0.368 e. The molecule has 7 heteroatoms. The summed E-state index contributed by atoms with van der Waals surface area (Å²) in [6.45, 7) is 1.57. The lowest BCUT2D eigenvalue weighted by Gasteiger charge is -2.08. The van der Waals surface area contributed by atoms with E-state index in [9.17, 15) is 0 Å². The highest BCUT2D eigenvalue weighted by molar-refractivity contribution is 8.14. The van der Waals surface area contributed by atoms with Crippen molar-refractivity contribution in [1.29, 1.82) is 0 Å². The summed E-state index contributed by atoms with van der Waals surface area (Å²) >= 11 is 3.32. The number of aromatic nitrogens is 1. The molecule has 26 heavy (non-hydrogen) atoms. The third-order valence-corrected chi connectivity index (χ3v) is 6.13. The average Bonchev–Trinajstić information content (AvgIpc) is 3.29. The van der Waals surface area contributed by atoms with E-state index in [1.807, 2.05) is 18.2 Å². The van der Waals surface area contributed by atoms with E-state index >= 15 is 0 Å². The van der Waals surface area contributed by atoms with Gasteiger partial charge in [0.15, 0.2) is 10.3 Å². The normalized spacial score (nSPS) is 16.7. The Morgan fingerprint density at radius 3 is 2.77 bits per heavy atom. The molecule has 1 aliphatic heterocycles. The fourth-order valence-corrected chi connectivity index (χ4v) is 4.40. The molecule has 0 radical (unpaired) electrons. The Labute approximate surface area is 160 Å². The first-order valence-corrected chi connectivity index (χ1v) is 10.2. The number of aliphatic imine (C=N–C) groups is 1. The van der Waals surface area contributed by atoms with Crippen LogP contribution in [0.2, 0.25) is 0 Å². The van der Waals surface area contributed by atoms with Crippen molar-refractivity contribution in [3.63, 3.8) is 0 Å². The zero-order valence-electron chi connectivity index (χ0n) is 14.4. The van der Waals surface area contributed by atoms with Crippen LogP contribution in [0.25, 0.3) is 10.2 Å². The summed E-state index contributed by atoms with van der Waals surface area (Å²) < 4.78 is 6.51. The number of ether oxygens (including phenoxy) is 1. The summed E-state index contributed by atoms with van der Waals surface area (Å²) in [5, 5.41) is 8.66. The van der Waals surface area contributed by atoms with Crippen LogP contribution < -0.4 is 10.6 Å². The van der Waals surface area contributed by atoms with Crippen LogP contribution in [0, 0.1) is 0 Å². The minimum atomic E-state index is 0.130. The zero-order valence-corrected chi connectivity index (χ0v) is 16.1. The maximum atomic E-state index is 5.30. The topological polar surface area (TPSA) is 58.5 Å². The van der Waals surface area contributed by atoms with Crippen LogP contribution in [0.4, 0.5) is 10.8 Å². The molecule has 0 saturated heterocycles. The third kappa shape index (κ3) is 4.17. The number of hydrogen-bond acceptors (Lipinski definition) is 7. The van der Waals surface area contributed by atoms with E-state index < -0.39 is 0 Å². The Hall–Kier alpha value is -2.09. The van der Waals surface area contributed by atoms with E-state index in [-0.39, 0.29) is 5.44 Å². The highest BCUT2D eigenvalue weighted by atomic mass is 32.2. The van der Waals surface area contributed by atoms with E-state index in [1.165, 1.54) is 10.3 Å². The van der Waals surface area contributed by atoms with Crippen molar-refractivity contribution in [1.82, 2.24) is 4.98 Å². The maximum Gasteiger partial charge on any atom is 0.183 e. The van der Waals surface area contributed by atoms with Crippen molar-refractivity contribution in [2.45, 2.75) is 11.9 Å². The molecule has 0 spiro atoms. The summed E-state index contributed by atoms with van der Waals surface area (Å²) in [5.41, 5.74) is 3.53. The van der Waals surface area contributed by atoms with Crippen LogP contribution in [0.5, 0.6) is 0 Å². The van der Waals surface area contributed by atoms with Gasteiger partial charge in [-0.3, -0.25) is 4.99 Å². The Morgan fingerprint density at radius 2 is 2.00 bits per heavy atom. The molecule has 1 aliphatic rings. The average molecular weight is 385 g/mol. The van der Waals surface area contributed by atoms with Crippen molar-refractivity contribution in [3.8, 4) is 0 Å². The van der Waals surface area contributed by atoms with Gasteiger partial charge in [0.2, 0.25) is 0 Å². The molecule has 1 aromatic heterocycles. The van der Waals surface area contributed by atoms with Gasteiger partial charge in [-0.05, 0) is 36.2 Å². The number of para-hydroxylation sites is 1. The molecule has 2 aromatic carbocycles. The van der Waals surface area contributed by atoms with E-state index in [4.69, 9.17) is 4.74 Å². The van der Waals surface area contributed by atoms with Crippen molar-refractivity contribution >= 4 is 49.3 Å². The molecule has 0 fully saturated rings. The smallest absolute Gasteiger partial charge is 0.183 e. The number of benzene rings is 2. The summed E-state index contributed by atoms with van der Waals surface area (Å²) in [4.78, 5) is 9.03. The van der Waals surface area contributed by atoms with Gasteiger partial charge in [-0.15, -0.1) is 0 Å². The molecule has 0 bridgehead atoms. The Balaban J connectivity index is 1.27. The van der Waals surface area contributed by atoms with Gasteiger partial charge in [0, 0.05) is 19.3 Å². The van der Waals surface area contributed by atoms with Crippen LogP contribution in [0.1, 0.15) is 5.56 Å². The molecule has 0 saturated carbocycles. The second-order valence-corrected chi connectivity index (χ2v) is 8.09. The first-order valence-electron chi connectivity index (χ1n) is 8.49. The predicted molar refractivity (Wildman–Crippen MR) is 113 cm³/mol. The SMILES string of the molecule is COC1CN=C(Nc2ccc(CCNc3nc4ccccc4s3)cc2)S1. The van der Waals surface area contributed by atoms with Gasteiger partial charge in [-0.25, -0.2) is 4.98 Å². The van der Waals surface area contributed by atoms with Crippen LogP contribution in [-0.2, 0) is 11.2 Å². The molecule has 1 unspecified atom stereocenters. The Bertz CT molecular complexity index is 874. The van der Waals surface area contributed by atoms with Gasteiger partial charge in [-0.2, -0.15) is 0 Å². The second-order valence-electron chi connectivity index (χ2n) is 5.91. The Kier molecular flexibility index (Phi) is 5.38. The standard InChI is InChI=1S/C19H20N4OS2/c1-24-17-12-21-19(26-17)22-14-8-6-13(7-9-14)10-11-20-18-23-15-4-2-3-5-16(15)25-18/h2-9,17H,10-12H2,1H3,(H,20,23)(H,21,22). The largest absolute Gasteiger partial charge is 0.368 e. The number of thiazole rings is 1. The number of hydrogen-bond donors (Lipinski definition) is 2. The van der Waals surface area contributed by atoms with E-state index in [0.717, 1.165) is 34.5 Å². The number of anilines is 2. The number of amidine groups is 1. The zero-order chi connectivity index (χ0) is 17.8. The van der Waals surface area contributed by atoms with E-state index in [2.05, 4.69) is 50.9 Å². The quantitative estimate of drug-likeness (QED) is 0.658. The van der Waals surface area contributed by atoms with Crippen LogP contribution in [0.15, 0.2) is 53.5 Å². The number of fused-ring (bicyclic) bond motifs is 1. The molecule has 5 nitrogen and oxygen atoms in total. The van der Waals surface area contributed by atoms with Crippen molar-refractivity contribution in [2.24, 2.45) is 4.99 Å². The molecule has 134 valence electrons. The summed E-state index contributed by atoms with van der Waals surface area (Å²) in [6.07, 6.45) is 0.956. The number of methoxy groups -OCH3 is 1. The van der Waals surface area contributed by atoms with Gasteiger partial charge < -0.3 is 15.4 Å². The molecular weight excluding hydrogens is 364 g/mol. The molecule has 3 aromatic rings. The molecule has 4 rings (SSSR count). The fourth-order valence-electron chi connectivity index (χ4n) is 2.69. The summed E-state index contributed by atoms with van der Waals surface area (Å²) in [6, 6.07) is 16.7. The first-order chi connectivity index (χ1) is 12.8. The summed E-state index contributed by atoms with van der Waals surface area (Å²) in [5.74, 6) is 0. The van der Waals surface area contributed by atoms with Crippen molar-refractivity contribution < 1.29 is 4.74 Å². The molecule has 0 aliphatic carbocycles. The lowest BCUT2D eigenvalue weighted by atomic mass is 10.1. The highest BCUT2D eigenvalue weighted by Crippen LogP contribution is 2.25. The van der Waals surface area contributed by atoms with Crippen LogP contribution in [-0.4, -0.2) is 35.8 Å². The van der Waals surface area contributed by atoms with Crippen molar-refractivity contribution in [2.75, 3.05) is 30.8 Å². The van der Waals surface area contributed by atoms with Gasteiger partial charge in [0.25, 0.3) is 0 Å². The number of rotatable bonds is 6. The minimum absolute atomic E-state index is 0.130. The molecule has 0 amide bonds. The predicted octanol–water partition coefficient (Wildman–Crippen LogP) is 4.44. The van der Waals surface area contributed by atoms with Crippen molar-refractivity contribution in [3.05, 3.63) is 54.1 Å². The first kappa shape index (κ1) is 17.3. The Morgan fingerprint density at radius 1 is 1.15 bits per heavy atom. The second kappa shape index (κ2) is 8.07. The molecular formula is C19H20N4OS2. The van der Waals surface area contributed by atoms with Gasteiger partial charge in [-0.1, -0.05) is 47.4 Å². The lowest BCUT2D eigenvalue weighted by molar-refractivity contribution is 0.182. The number of nitrogens with zero attached hydrogens (tertiary/aromatic N) is 2. The highest BCUT2D eigenvalue weighted by Gasteiger charge is 2.18. The third-order valence-electron chi connectivity index (χ3n) is 4.08. The summed E-state index contributed by atoms with van der Waals surface area (Å²) in [7, 11) is 1.72. The molecule has 2 heterocycles. The van der Waals surface area contributed by atoms with Crippen LogP contribution in [0.3, 0.4) is 0 Å². The molecule has 1 atom stereocenters. The van der Waals surface area contributed by atoms with Gasteiger partial charge >= 0.3 is 0 Å². The van der Waals surface area contributed by atoms with E-state index in [0.29, 0.717) is 6.54 Å². The molecule has 2 N–H and O–H groups in total. The number of thioether (sulfide) groups is 1.